The maximum Gasteiger partial charge on any atom is 0.310 e. The van der Waals surface area contributed by atoms with Gasteiger partial charge in [0.25, 0.3) is 0 Å². The monoisotopic (exact) mass is 226 g/mol. The molecule has 0 aromatic rings. The second-order valence-corrected chi connectivity index (χ2v) is 4.29. The van der Waals surface area contributed by atoms with Crippen LogP contribution in [0, 0.1) is 5.92 Å². The molecule has 0 bridgehead atoms. The van der Waals surface area contributed by atoms with Crippen molar-refractivity contribution in [3.05, 3.63) is 12.2 Å². The van der Waals surface area contributed by atoms with Gasteiger partial charge in [-0.2, -0.15) is 0 Å². The Balaban J connectivity index is 2.27. The van der Waals surface area contributed by atoms with E-state index in [0.29, 0.717) is 19.4 Å². The second-order valence-electron chi connectivity index (χ2n) is 4.29. The molecule has 0 saturated carbocycles. The van der Waals surface area contributed by atoms with E-state index in [4.69, 9.17) is 5.11 Å². The van der Waals surface area contributed by atoms with Crippen LogP contribution in [-0.2, 0) is 9.59 Å². The summed E-state index contributed by atoms with van der Waals surface area (Å²) in [6.45, 7) is 0.699. The normalized spacial score (nSPS) is 23.7. The maximum absolute atomic E-state index is 11.5. The zero-order chi connectivity index (χ0) is 12.1. The Morgan fingerprint density at radius 1 is 1.44 bits per heavy atom. The lowest BCUT2D eigenvalue weighted by Gasteiger charge is -2.13. The van der Waals surface area contributed by atoms with E-state index >= 15 is 0 Å². The minimum absolute atomic E-state index is 0.0330. The number of hydrogen-bond donors (Lipinski definition) is 2. The number of carboxylic acid groups (broad SMARTS) is 1. The van der Waals surface area contributed by atoms with E-state index in [1.807, 2.05) is 19.0 Å². The standard InChI is InChI=1S/C11H18N2O3/c1-13(2)6-5-10(14)12-9-4-3-8(7-9)11(15)16/h3-4,8-9H,5-7H2,1-2H3,(H,12,14)(H,15,16). The molecule has 0 radical (unpaired) electrons. The molecule has 1 amide bonds. The molecule has 1 rings (SSSR count). The van der Waals surface area contributed by atoms with Crippen molar-refractivity contribution in [1.82, 2.24) is 10.2 Å². The number of amides is 1. The van der Waals surface area contributed by atoms with Gasteiger partial charge in [-0.15, -0.1) is 0 Å². The number of carboxylic acids is 1. The summed E-state index contributed by atoms with van der Waals surface area (Å²) in [5.41, 5.74) is 0. The third kappa shape index (κ3) is 4.02. The van der Waals surface area contributed by atoms with Crippen LogP contribution in [0.25, 0.3) is 0 Å². The molecule has 2 atom stereocenters. The molecule has 1 aliphatic carbocycles. The van der Waals surface area contributed by atoms with Crippen molar-refractivity contribution >= 4 is 11.9 Å². The van der Waals surface area contributed by atoms with Crippen LogP contribution in [0.3, 0.4) is 0 Å². The Kier molecular flexibility index (Phi) is 4.49. The van der Waals surface area contributed by atoms with Gasteiger partial charge in [0.1, 0.15) is 0 Å². The number of hydrogen-bond acceptors (Lipinski definition) is 3. The Morgan fingerprint density at radius 2 is 2.12 bits per heavy atom. The van der Waals surface area contributed by atoms with Gasteiger partial charge in [0.05, 0.1) is 5.92 Å². The molecule has 90 valence electrons. The summed E-state index contributed by atoms with van der Waals surface area (Å²) in [5.74, 6) is -1.32. The van der Waals surface area contributed by atoms with E-state index in [1.54, 1.807) is 12.2 Å². The van der Waals surface area contributed by atoms with Crippen molar-refractivity contribution in [3.8, 4) is 0 Å². The maximum atomic E-state index is 11.5. The molecule has 16 heavy (non-hydrogen) atoms. The lowest BCUT2D eigenvalue weighted by molar-refractivity contribution is -0.140. The molecular weight excluding hydrogens is 208 g/mol. The van der Waals surface area contributed by atoms with Gasteiger partial charge in [0.15, 0.2) is 0 Å². The molecule has 2 N–H and O–H groups in total. The molecule has 1 aliphatic rings. The topological polar surface area (TPSA) is 69.6 Å². The summed E-state index contributed by atoms with van der Waals surface area (Å²) < 4.78 is 0. The summed E-state index contributed by atoms with van der Waals surface area (Å²) in [4.78, 5) is 24.1. The van der Waals surface area contributed by atoms with Crippen molar-refractivity contribution in [3.63, 3.8) is 0 Å². The fourth-order valence-electron chi connectivity index (χ4n) is 1.59. The lowest BCUT2D eigenvalue weighted by Crippen LogP contribution is -2.34. The fraction of sp³-hybridized carbons (Fsp3) is 0.636. The molecule has 0 spiro atoms. The molecule has 5 nitrogen and oxygen atoms in total. The number of aliphatic carboxylic acids is 1. The number of nitrogens with zero attached hydrogens (tertiary/aromatic N) is 1. The van der Waals surface area contributed by atoms with E-state index in [-0.39, 0.29) is 11.9 Å². The Labute approximate surface area is 95.1 Å². The van der Waals surface area contributed by atoms with Gasteiger partial charge in [-0.3, -0.25) is 9.59 Å². The quantitative estimate of drug-likeness (QED) is 0.652. The molecule has 5 heteroatoms. The van der Waals surface area contributed by atoms with Crippen LogP contribution in [0.4, 0.5) is 0 Å². The van der Waals surface area contributed by atoms with Crippen LogP contribution in [0.15, 0.2) is 12.2 Å². The summed E-state index contributed by atoms with van der Waals surface area (Å²) in [6.07, 6.45) is 4.30. The zero-order valence-corrected chi connectivity index (χ0v) is 9.64. The van der Waals surface area contributed by atoms with Crippen molar-refractivity contribution < 1.29 is 14.7 Å². The average molecular weight is 226 g/mol. The van der Waals surface area contributed by atoms with Crippen LogP contribution in [-0.4, -0.2) is 48.6 Å². The van der Waals surface area contributed by atoms with E-state index in [0.717, 1.165) is 0 Å². The fourth-order valence-corrected chi connectivity index (χ4v) is 1.59. The van der Waals surface area contributed by atoms with Crippen LogP contribution in [0.5, 0.6) is 0 Å². The molecule has 2 unspecified atom stereocenters. The van der Waals surface area contributed by atoms with Crippen molar-refractivity contribution in [2.45, 2.75) is 18.9 Å². The number of nitrogens with one attached hydrogen (secondary N) is 1. The van der Waals surface area contributed by atoms with Gasteiger partial charge < -0.3 is 15.3 Å². The summed E-state index contributed by atoms with van der Waals surface area (Å²) in [5, 5.41) is 11.6. The number of carbonyl (C=O) groups is 2. The van der Waals surface area contributed by atoms with Crippen molar-refractivity contribution in [2.24, 2.45) is 5.92 Å². The Bertz CT molecular complexity index is 300. The first-order valence-corrected chi connectivity index (χ1v) is 5.34. The molecule has 0 fully saturated rings. The zero-order valence-electron chi connectivity index (χ0n) is 9.64. The number of carbonyl (C=O) groups excluding carboxylic acids is 1. The highest BCUT2D eigenvalue weighted by molar-refractivity contribution is 5.77. The highest BCUT2D eigenvalue weighted by Gasteiger charge is 2.25. The van der Waals surface area contributed by atoms with E-state index in [9.17, 15) is 9.59 Å². The predicted octanol–water partition coefficient (Wildman–Crippen LogP) is 0.0836. The van der Waals surface area contributed by atoms with E-state index in [2.05, 4.69) is 5.32 Å². The minimum Gasteiger partial charge on any atom is -0.481 e. The SMILES string of the molecule is CN(C)CCC(=O)NC1C=CC(C(=O)O)C1. The van der Waals surface area contributed by atoms with Crippen LogP contribution >= 0.6 is 0 Å². The van der Waals surface area contributed by atoms with Gasteiger partial charge in [-0.25, -0.2) is 0 Å². The van der Waals surface area contributed by atoms with Crippen molar-refractivity contribution in [2.75, 3.05) is 20.6 Å². The summed E-state index contributed by atoms with van der Waals surface area (Å²) in [6, 6.07) is -0.129. The van der Waals surface area contributed by atoms with Crippen LogP contribution < -0.4 is 5.32 Å². The highest BCUT2D eigenvalue weighted by atomic mass is 16.4. The molecule has 0 aliphatic heterocycles. The summed E-state index contributed by atoms with van der Waals surface area (Å²) >= 11 is 0. The van der Waals surface area contributed by atoms with E-state index in [1.165, 1.54) is 0 Å². The Hall–Kier alpha value is -1.36. The minimum atomic E-state index is -0.832. The van der Waals surface area contributed by atoms with Gasteiger partial charge >= 0.3 is 5.97 Å². The molecule has 0 heterocycles. The largest absolute Gasteiger partial charge is 0.481 e. The van der Waals surface area contributed by atoms with E-state index < -0.39 is 11.9 Å². The molecule has 0 saturated heterocycles. The lowest BCUT2D eigenvalue weighted by atomic mass is 10.1. The first kappa shape index (κ1) is 12.7. The third-order valence-corrected chi connectivity index (χ3v) is 2.53. The van der Waals surface area contributed by atoms with Crippen LogP contribution in [0.2, 0.25) is 0 Å². The first-order valence-electron chi connectivity index (χ1n) is 5.34. The van der Waals surface area contributed by atoms with Gasteiger partial charge in [-0.05, 0) is 20.5 Å². The number of rotatable bonds is 5. The second kappa shape index (κ2) is 5.65. The predicted molar refractivity (Wildman–Crippen MR) is 60.0 cm³/mol. The van der Waals surface area contributed by atoms with Gasteiger partial charge in [0.2, 0.25) is 5.91 Å². The van der Waals surface area contributed by atoms with Gasteiger partial charge in [0, 0.05) is 19.0 Å². The highest BCUT2D eigenvalue weighted by Crippen LogP contribution is 2.17. The van der Waals surface area contributed by atoms with Crippen molar-refractivity contribution in [1.29, 1.82) is 0 Å². The first-order chi connectivity index (χ1) is 7.49. The molecule has 0 aromatic heterocycles. The third-order valence-electron chi connectivity index (χ3n) is 2.53. The smallest absolute Gasteiger partial charge is 0.310 e. The molecule has 0 aromatic carbocycles. The summed E-state index contributed by atoms with van der Waals surface area (Å²) in [7, 11) is 3.81. The Morgan fingerprint density at radius 3 is 2.62 bits per heavy atom. The average Bonchev–Trinajstić information content (AvgIpc) is 2.63. The van der Waals surface area contributed by atoms with Gasteiger partial charge in [-0.1, -0.05) is 12.2 Å². The van der Waals surface area contributed by atoms with Crippen LogP contribution in [0.1, 0.15) is 12.8 Å². The molecular formula is C11H18N2O3.